The van der Waals surface area contributed by atoms with Gasteiger partial charge < -0.3 is 19.4 Å². The smallest absolute Gasteiger partial charge is 0.272 e. The molecule has 1 aromatic heterocycles. The van der Waals surface area contributed by atoms with Crippen molar-refractivity contribution in [3.05, 3.63) is 94.0 Å². The summed E-state index contributed by atoms with van der Waals surface area (Å²) in [6.45, 7) is 1.23. The van der Waals surface area contributed by atoms with Crippen molar-refractivity contribution in [2.75, 3.05) is 45.2 Å². The summed E-state index contributed by atoms with van der Waals surface area (Å²) >= 11 is 0. The summed E-state index contributed by atoms with van der Waals surface area (Å²) in [4.78, 5) is 43.3. The molecule has 0 bridgehead atoms. The molecule has 1 aliphatic rings. The van der Waals surface area contributed by atoms with Crippen molar-refractivity contribution in [2.45, 2.75) is 0 Å². The average molecular weight is 516 g/mol. The number of benzene rings is 3. The number of aromatic amines is 1. The van der Waals surface area contributed by atoms with Crippen molar-refractivity contribution in [1.82, 2.24) is 20.0 Å². The summed E-state index contributed by atoms with van der Waals surface area (Å²) in [5.41, 5.74) is 1.07. The maximum absolute atomic E-state index is 14.7. The SMILES string of the molecule is CN(C)c1ccc(C(=O)N2CCN(C(=O)c3cc(Oc4n[nH]c(=O)c5ccccc45)ccc3F)CC2)cc1. The fraction of sp³-hybridized carbons (Fsp3) is 0.214. The number of nitrogens with zero attached hydrogens (tertiary/aromatic N) is 4. The van der Waals surface area contributed by atoms with E-state index in [2.05, 4.69) is 10.2 Å². The van der Waals surface area contributed by atoms with E-state index in [0.717, 1.165) is 11.8 Å². The van der Waals surface area contributed by atoms with Gasteiger partial charge in [-0.3, -0.25) is 14.4 Å². The summed E-state index contributed by atoms with van der Waals surface area (Å²) in [6.07, 6.45) is 0. The van der Waals surface area contributed by atoms with Crippen LogP contribution in [0, 0.1) is 5.82 Å². The number of hydrogen-bond donors (Lipinski definition) is 1. The molecule has 0 aliphatic carbocycles. The molecular formula is C28H26FN5O4. The van der Waals surface area contributed by atoms with Crippen molar-refractivity contribution < 1.29 is 18.7 Å². The Labute approximate surface area is 218 Å². The number of nitrogens with one attached hydrogen (secondary N) is 1. The third-order valence-corrected chi connectivity index (χ3v) is 6.53. The molecule has 1 N–H and O–H groups in total. The van der Waals surface area contributed by atoms with E-state index in [-0.39, 0.29) is 41.7 Å². The molecule has 5 rings (SSSR count). The van der Waals surface area contributed by atoms with Gasteiger partial charge in [-0.15, -0.1) is 5.10 Å². The maximum Gasteiger partial charge on any atom is 0.272 e. The van der Waals surface area contributed by atoms with Crippen LogP contribution in [-0.2, 0) is 0 Å². The summed E-state index contributed by atoms with van der Waals surface area (Å²) in [5.74, 6) is -0.939. The van der Waals surface area contributed by atoms with E-state index in [9.17, 15) is 18.8 Å². The number of piperazine rings is 1. The monoisotopic (exact) mass is 515 g/mol. The van der Waals surface area contributed by atoms with Crippen LogP contribution in [0.15, 0.2) is 71.5 Å². The Hall–Kier alpha value is -4.73. The van der Waals surface area contributed by atoms with Gasteiger partial charge in [0.25, 0.3) is 17.4 Å². The fourth-order valence-corrected chi connectivity index (χ4v) is 4.38. The van der Waals surface area contributed by atoms with E-state index in [1.807, 2.05) is 31.1 Å². The molecule has 9 nitrogen and oxygen atoms in total. The number of hydrogen-bond acceptors (Lipinski definition) is 6. The molecule has 4 aromatic rings. The van der Waals surface area contributed by atoms with Gasteiger partial charge in [-0.2, -0.15) is 0 Å². The highest BCUT2D eigenvalue weighted by atomic mass is 19.1. The Balaban J connectivity index is 1.28. The average Bonchev–Trinajstić information content (AvgIpc) is 2.95. The predicted octanol–water partition coefficient (Wildman–Crippen LogP) is 3.52. The molecule has 1 aliphatic heterocycles. The quantitative estimate of drug-likeness (QED) is 0.437. The second kappa shape index (κ2) is 10.3. The number of halogens is 1. The van der Waals surface area contributed by atoms with Gasteiger partial charge in [0.1, 0.15) is 11.6 Å². The fourth-order valence-electron chi connectivity index (χ4n) is 4.38. The molecule has 38 heavy (non-hydrogen) atoms. The van der Waals surface area contributed by atoms with Crippen LogP contribution in [0.1, 0.15) is 20.7 Å². The van der Waals surface area contributed by atoms with Crippen LogP contribution in [0.4, 0.5) is 10.1 Å². The van der Waals surface area contributed by atoms with Crippen LogP contribution in [-0.4, -0.2) is 72.1 Å². The maximum atomic E-state index is 14.7. The highest BCUT2D eigenvalue weighted by Crippen LogP contribution is 2.27. The van der Waals surface area contributed by atoms with Gasteiger partial charge in [0.2, 0.25) is 5.88 Å². The first-order valence-corrected chi connectivity index (χ1v) is 12.1. The summed E-state index contributed by atoms with van der Waals surface area (Å²) < 4.78 is 20.5. The van der Waals surface area contributed by atoms with Crippen molar-refractivity contribution in [2.24, 2.45) is 0 Å². The first kappa shape index (κ1) is 24.9. The number of H-pyrrole nitrogens is 1. The summed E-state index contributed by atoms with van der Waals surface area (Å²) in [5, 5.41) is 7.24. The molecule has 10 heteroatoms. The van der Waals surface area contributed by atoms with Gasteiger partial charge in [0, 0.05) is 51.5 Å². The number of carbonyl (C=O) groups is 2. The molecule has 0 radical (unpaired) electrons. The molecule has 2 heterocycles. The highest BCUT2D eigenvalue weighted by Gasteiger charge is 2.27. The molecule has 0 saturated carbocycles. The van der Waals surface area contributed by atoms with Gasteiger partial charge in [0.05, 0.1) is 16.3 Å². The predicted molar refractivity (Wildman–Crippen MR) is 141 cm³/mol. The number of carbonyl (C=O) groups excluding carboxylic acids is 2. The first-order valence-electron chi connectivity index (χ1n) is 12.1. The zero-order chi connectivity index (χ0) is 26.8. The number of ether oxygens (including phenoxy) is 1. The lowest BCUT2D eigenvalue weighted by Gasteiger charge is -2.35. The minimum Gasteiger partial charge on any atom is -0.437 e. The van der Waals surface area contributed by atoms with E-state index < -0.39 is 11.7 Å². The van der Waals surface area contributed by atoms with Gasteiger partial charge >= 0.3 is 0 Å². The third-order valence-electron chi connectivity index (χ3n) is 6.53. The largest absolute Gasteiger partial charge is 0.437 e. The van der Waals surface area contributed by atoms with Gasteiger partial charge in [-0.05, 0) is 54.6 Å². The van der Waals surface area contributed by atoms with Crippen molar-refractivity contribution >= 4 is 28.3 Å². The first-order chi connectivity index (χ1) is 18.3. The Morgan fingerprint density at radius 1 is 0.895 bits per heavy atom. The lowest BCUT2D eigenvalue weighted by Crippen LogP contribution is -2.50. The topological polar surface area (TPSA) is 98.8 Å². The van der Waals surface area contributed by atoms with Crippen molar-refractivity contribution in [3.63, 3.8) is 0 Å². The van der Waals surface area contributed by atoms with Gasteiger partial charge in [0.15, 0.2) is 0 Å². The molecule has 2 amide bonds. The number of fused-ring (bicyclic) bond motifs is 1. The zero-order valence-electron chi connectivity index (χ0n) is 21.0. The molecule has 3 aromatic carbocycles. The number of anilines is 1. The van der Waals surface area contributed by atoms with Gasteiger partial charge in [-0.25, -0.2) is 9.49 Å². The van der Waals surface area contributed by atoms with Crippen LogP contribution in [0.25, 0.3) is 10.8 Å². The number of amides is 2. The molecule has 0 spiro atoms. The Bertz CT molecular complexity index is 1560. The lowest BCUT2D eigenvalue weighted by molar-refractivity contribution is 0.0532. The number of aromatic nitrogens is 2. The minimum absolute atomic E-state index is 0.107. The third kappa shape index (κ3) is 4.93. The van der Waals surface area contributed by atoms with E-state index in [1.165, 1.54) is 17.0 Å². The normalized spacial score (nSPS) is 13.4. The standard InChI is InChI=1S/C28H26FN5O4/c1-32(2)19-9-7-18(8-10-19)27(36)33-13-15-34(16-14-33)28(37)23-17-20(11-12-24(23)29)38-26-22-6-4-3-5-21(22)25(35)30-31-26/h3-12,17H,13-16H2,1-2H3,(H,30,35). The second-order valence-corrected chi connectivity index (χ2v) is 9.17. The molecule has 194 valence electrons. The second-order valence-electron chi connectivity index (χ2n) is 9.17. The Kier molecular flexibility index (Phi) is 6.78. The molecular weight excluding hydrogens is 489 g/mol. The summed E-state index contributed by atoms with van der Waals surface area (Å²) in [7, 11) is 3.86. The van der Waals surface area contributed by atoms with E-state index in [0.29, 0.717) is 29.4 Å². The molecule has 1 fully saturated rings. The van der Waals surface area contributed by atoms with Crippen molar-refractivity contribution in [3.8, 4) is 11.6 Å². The van der Waals surface area contributed by atoms with E-state index in [1.54, 1.807) is 41.3 Å². The van der Waals surface area contributed by atoms with Crippen LogP contribution in [0.2, 0.25) is 0 Å². The highest BCUT2D eigenvalue weighted by molar-refractivity contribution is 5.96. The van der Waals surface area contributed by atoms with Crippen LogP contribution in [0.3, 0.4) is 0 Å². The van der Waals surface area contributed by atoms with Crippen LogP contribution < -0.4 is 15.2 Å². The van der Waals surface area contributed by atoms with Gasteiger partial charge in [-0.1, -0.05) is 12.1 Å². The van der Waals surface area contributed by atoms with Crippen LogP contribution in [0.5, 0.6) is 11.6 Å². The summed E-state index contributed by atoms with van der Waals surface area (Å²) in [6, 6.07) is 18.0. The van der Waals surface area contributed by atoms with Crippen molar-refractivity contribution in [1.29, 1.82) is 0 Å². The molecule has 0 unspecified atom stereocenters. The molecule has 1 saturated heterocycles. The zero-order valence-corrected chi connectivity index (χ0v) is 21.0. The Morgan fingerprint density at radius 2 is 1.53 bits per heavy atom. The van der Waals surface area contributed by atoms with E-state index >= 15 is 0 Å². The van der Waals surface area contributed by atoms with Crippen LogP contribution >= 0.6 is 0 Å². The van der Waals surface area contributed by atoms with E-state index in [4.69, 9.17) is 4.74 Å². The molecule has 0 atom stereocenters. The minimum atomic E-state index is -0.680. The Morgan fingerprint density at radius 3 is 2.18 bits per heavy atom. The lowest BCUT2D eigenvalue weighted by atomic mass is 10.1. The number of rotatable bonds is 5.